The second-order valence-corrected chi connectivity index (χ2v) is 6.80. The van der Waals surface area contributed by atoms with E-state index in [0.29, 0.717) is 19.5 Å². The highest BCUT2D eigenvalue weighted by molar-refractivity contribution is 6.31. The van der Waals surface area contributed by atoms with Gasteiger partial charge in [-0.3, -0.25) is 9.59 Å². The molecule has 1 fully saturated rings. The van der Waals surface area contributed by atoms with Crippen LogP contribution in [-0.2, 0) is 22.6 Å². The molecule has 2 unspecified atom stereocenters. The van der Waals surface area contributed by atoms with Crippen molar-refractivity contribution in [1.82, 2.24) is 10.2 Å². The average Bonchev–Trinajstić information content (AvgIpc) is 3.36. The van der Waals surface area contributed by atoms with Gasteiger partial charge in [-0.05, 0) is 43.4 Å². The number of rotatable bonds is 4. The van der Waals surface area contributed by atoms with E-state index >= 15 is 0 Å². The average molecular weight is 337 g/mol. The Labute approximate surface area is 140 Å². The smallest absolute Gasteiger partial charge is 0.248 e. The van der Waals surface area contributed by atoms with E-state index in [4.69, 9.17) is 11.6 Å². The fourth-order valence-corrected chi connectivity index (χ4v) is 3.24. The van der Waals surface area contributed by atoms with Crippen LogP contribution in [-0.4, -0.2) is 40.5 Å². The standard InChI is InChI=1S/C17H21ClN2O3/c1-10(21)15(19-16(22)11-5-6-11)17(23)20-8-7-13-12(9-20)3-2-4-14(13)18/h2-4,10-11,15,21H,5-9H2,1H3,(H,19,22). The van der Waals surface area contributed by atoms with Crippen LogP contribution in [0.3, 0.4) is 0 Å². The van der Waals surface area contributed by atoms with Crippen molar-refractivity contribution in [2.45, 2.75) is 44.9 Å². The van der Waals surface area contributed by atoms with E-state index in [9.17, 15) is 14.7 Å². The van der Waals surface area contributed by atoms with Crippen LogP contribution in [0.4, 0.5) is 0 Å². The molecule has 1 aromatic rings. The van der Waals surface area contributed by atoms with Crippen molar-refractivity contribution in [1.29, 1.82) is 0 Å². The number of hydrogen-bond donors (Lipinski definition) is 2. The van der Waals surface area contributed by atoms with Crippen LogP contribution in [0.5, 0.6) is 0 Å². The van der Waals surface area contributed by atoms with E-state index < -0.39 is 12.1 Å². The van der Waals surface area contributed by atoms with Gasteiger partial charge in [0.05, 0.1) is 6.10 Å². The molecule has 124 valence electrons. The van der Waals surface area contributed by atoms with Crippen molar-refractivity contribution < 1.29 is 14.7 Å². The minimum Gasteiger partial charge on any atom is -0.391 e. The van der Waals surface area contributed by atoms with Crippen molar-refractivity contribution in [3.63, 3.8) is 0 Å². The normalized spacial score (nSPS) is 19.7. The fourth-order valence-electron chi connectivity index (χ4n) is 2.95. The molecule has 3 rings (SSSR count). The second-order valence-electron chi connectivity index (χ2n) is 6.39. The summed E-state index contributed by atoms with van der Waals surface area (Å²) in [6.45, 7) is 2.53. The SMILES string of the molecule is CC(O)C(NC(=O)C1CC1)C(=O)N1CCc2c(Cl)cccc2C1. The van der Waals surface area contributed by atoms with E-state index in [2.05, 4.69) is 5.32 Å². The Morgan fingerprint density at radius 2 is 2.13 bits per heavy atom. The number of carbonyl (C=O) groups excluding carboxylic acids is 2. The molecular weight excluding hydrogens is 316 g/mol. The van der Waals surface area contributed by atoms with Crippen molar-refractivity contribution in [2.75, 3.05) is 6.54 Å². The number of benzene rings is 1. The number of fused-ring (bicyclic) bond motifs is 1. The Balaban J connectivity index is 1.72. The van der Waals surface area contributed by atoms with Gasteiger partial charge in [0.25, 0.3) is 0 Å². The highest BCUT2D eigenvalue weighted by atomic mass is 35.5. The summed E-state index contributed by atoms with van der Waals surface area (Å²) in [5.74, 6) is -0.366. The van der Waals surface area contributed by atoms with E-state index in [-0.39, 0.29) is 17.7 Å². The van der Waals surface area contributed by atoms with E-state index in [1.807, 2.05) is 18.2 Å². The number of halogens is 1. The van der Waals surface area contributed by atoms with Gasteiger partial charge in [-0.1, -0.05) is 23.7 Å². The first kappa shape index (κ1) is 16.3. The van der Waals surface area contributed by atoms with E-state index in [1.165, 1.54) is 6.92 Å². The predicted octanol–water partition coefficient (Wildman–Crippen LogP) is 1.50. The van der Waals surface area contributed by atoms with Crippen molar-refractivity contribution >= 4 is 23.4 Å². The Morgan fingerprint density at radius 3 is 2.78 bits per heavy atom. The van der Waals surface area contributed by atoms with Crippen LogP contribution in [0.15, 0.2) is 18.2 Å². The zero-order valence-electron chi connectivity index (χ0n) is 13.1. The lowest BCUT2D eigenvalue weighted by Gasteiger charge is -2.33. The number of carbonyl (C=O) groups is 2. The lowest BCUT2D eigenvalue weighted by Crippen LogP contribution is -2.54. The molecule has 6 heteroatoms. The maximum Gasteiger partial charge on any atom is 0.248 e. The van der Waals surface area contributed by atoms with Gasteiger partial charge in [-0.15, -0.1) is 0 Å². The number of aliphatic hydroxyl groups is 1. The largest absolute Gasteiger partial charge is 0.391 e. The molecule has 0 saturated heterocycles. The number of amides is 2. The number of nitrogens with one attached hydrogen (secondary N) is 1. The minimum absolute atomic E-state index is 0.00457. The first-order chi connectivity index (χ1) is 11.0. The van der Waals surface area contributed by atoms with Crippen LogP contribution in [0, 0.1) is 5.92 Å². The number of aliphatic hydroxyl groups excluding tert-OH is 1. The predicted molar refractivity (Wildman–Crippen MR) is 86.9 cm³/mol. The van der Waals surface area contributed by atoms with Crippen LogP contribution in [0.2, 0.25) is 5.02 Å². The minimum atomic E-state index is -0.925. The third kappa shape index (κ3) is 3.51. The molecule has 2 amide bonds. The van der Waals surface area contributed by atoms with Gasteiger partial charge >= 0.3 is 0 Å². The Kier molecular flexibility index (Phi) is 4.60. The van der Waals surface area contributed by atoms with E-state index in [1.54, 1.807) is 4.90 Å². The summed E-state index contributed by atoms with van der Waals surface area (Å²) in [4.78, 5) is 26.4. The Morgan fingerprint density at radius 1 is 1.39 bits per heavy atom. The first-order valence-electron chi connectivity index (χ1n) is 8.01. The molecule has 23 heavy (non-hydrogen) atoms. The zero-order chi connectivity index (χ0) is 16.6. The highest BCUT2D eigenvalue weighted by Crippen LogP contribution is 2.29. The molecule has 1 aliphatic heterocycles. The lowest BCUT2D eigenvalue weighted by molar-refractivity contribution is -0.140. The van der Waals surface area contributed by atoms with Crippen LogP contribution >= 0.6 is 11.6 Å². The van der Waals surface area contributed by atoms with Gasteiger partial charge in [0.1, 0.15) is 6.04 Å². The molecule has 1 heterocycles. The summed E-state index contributed by atoms with van der Waals surface area (Å²) in [5, 5.41) is 13.4. The molecule has 1 saturated carbocycles. The van der Waals surface area contributed by atoms with Gasteiger partial charge < -0.3 is 15.3 Å². The summed E-state index contributed by atoms with van der Waals surface area (Å²) in [6, 6.07) is 4.80. The molecule has 1 aliphatic carbocycles. The summed E-state index contributed by atoms with van der Waals surface area (Å²) in [7, 11) is 0. The Hall–Kier alpha value is -1.59. The van der Waals surface area contributed by atoms with Gasteiger partial charge in [0.2, 0.25) is 11.8 Å². The van der Waals surface area contributed by atoms with Crippen LogP contribution in [0.1, 0.15) is 30.9 Å². The molecule has 2 N–H and O–H groups in total. The first-order valence-corrected chi connectivity index (χ1v) is 8.38. The van der Waals surface area contributed by atoms with Gasteiger partial charge in [-0.2, -0.15) is 0 Å². The molecule has 0 spiro atoms. The topological polar surface area (TPSA) is 69.6 Å². The summed E-state index contributed by atoms with van der Waals surface area (Å²) in [6.07, 6.45) is 1.49. The molecule has 0 radical (unpaired) electrons. The lowest BCUT2D eigenvalue weighted by atomic mass is 9.98. The maximum absolute atomic E-state index is 12.7. The van der Waals surface area contributed by atoms with Crippen molar-refractivity contribution in [3.05, 3.63) is 34.3 Å². The molecule has 2 aliphatic rings. The number of nitrogens with zero attached hydrogens (tertiary/aromatic N) is 1. The van der Waals surface area contributed by atoms with Gasteiger partial charge in [0, 0.05) is 24.0 Å². The quantitative estimate of drug-likeness (QED) is 0.875. The van der Waals surface area contributed by atoms with Crippen molar-refractivity contribution in [2.24, 2.45) is 5.92 Å². The number of hydrogen-bond acceptors (Lipinski definition) is 3. The molecule has 2 atom stereocenters. The van der Waals surface area contributed by atoms with Gasteiger partial charge in [-0.25, -0.2) is 0 Å². The zero-order valence-corrected chi connectivity index (χ0v) is 13.8. The third-order valence-electron chi connectivity index (χ3n) is 4.51. The Bertz CT molecular complexity index is 628. The van der Waals surface area contributed by atoms with Crippen LogP contribution < -0.4 is 5.32 Å². The monoisotopic (exact) mass is 336 g/mol. The third-order valence-corrected chi connectivity index (χ3v) is 4.87. The molecular formula is C17H21ClN2O3. The second kappa shape index (κ2) is 6.49. The summed E-state index contributed by atoms with van der Waals surface area (Å²) < 4.78 is 0. The molecule has 0 bridgehead atoms. The maximum atomic E-state index is 12.7. The fraction of sp³-hybridized carbons (Fsp3) is 0.529. The van der Waals surface area contributed by atoms with E-state index in [0.717, 1.165) is 29.0 Å². The molecule has 5 nitrogen and oxygen atoms in total. The molecule has 0 aromatic heterocycles. The summed E-state index contributed by atoms with van der Waals surface area (Å²) >= 11 is 6.19. The molecule has 1 aromatic carbocycles. The van der Waals surface area contributed by atoms with Gasteiger partial charge in [0.15, 0.2) is 0 Å². The van der Waals surface area contributed by atoms with Crippen LogP contribution in [0.25, 0.3) is 0 Å². The highest BCUT2D eigenvalue weighted by Gasteiger charge is 2.36. The van der Waals surface area contributed by atoms with Crippen molar-refractivity contribution in [3.8, 4) is 0 Å². The summed E-state index contributed by atoms with van der Waals surface area (Å²) in [5.41, 5.74) is 2.10.